The highest BCUT2D eigenvalue weighted by Crippen LogP contribution is 2.33. The maximum Gasteiger partial charge on any atom is 0.243 e. The van der Waals surface area contributed by atoms with Gasteiger partial charge in [-0.2, -0.15) is 0 Å². The molecule has 0 radical (unpaired) electrons. The van der Waals surface area contributed by atoms with Crippen LogP contribution in [0, 0.1) is 11.8 Å². The normalized spacial score (nSPS) is 23.2. The van der Waals surface area contributed by atoms with Gasteiger partial charge in [0.15, 0.2) is 5.78 Å². The molecule has 10 heteroatoms. The number of hydrogen-bond acceptors (Lipinski definition) is 7. The molecule has 2 heterocycles. The standard InChI is InChI=1S/C31H45N3O7/c1-20(32-27(35)18-23-12-14-40-15-13-23)29(37)34-26(17-22-8-10-24(39-3)11-9-22)30(38)33-25(16-21-6-4-5-7-21)28(36)31(2)19-41-31/h8-11,20-21,23,25-26H,4-7,12-19H2,1-3H3,(H,32,35)(H,33,38)(H,34,37)/t20-,25+,26+,31-/m1/s1. The third-order valence-corrected chi connectivity index (χ3v) is 8.59. The Morgan fingerprint density at radius 1 is 0.927 bits per heavy atom. The SMILES string of the molecule is COc1ccc(C[C@H](NC(=O)[C@@H](C)NC(=O)CC2CCOCC2)C(=O)N[C@@H](CC2CCCC2)C(=O)[C@@]2(C)CO2)cc1. The lowest BCUT2D eigenvalue weighted by Gasteiger charge is -2.27. The van der Waals surface area contributed by atoms with E-state index in [1.165, 1.54) is 0 Å². The Kier molecular flexibility index (Phi) is 10.8. The highest BCUT2D eigenvalue weighted by molar-refractivity contribution is 5.98. The molecule has 3 N–H and O–H groups in total. The van der Waals surface area contributed by atoms with Crippen LogP contribution in [0.25, 0.3) is 0 Å². The number of epoxide rings is 1. The number of amides is 3. The van der Waals surface area contributed by atoms with E-state index < -0.39 is 35.5 Å². The number of nitrogens with one attached hydrogen (secondary N) is 3. The Labute approximate surface area is 242 Å². The van der Waals surface area contributed by atoms with Crippen LogP contribution in [0.3, 0.4) is 0 Å². The lowest BCUT2D eigenvalue weighted by atomic mass is 9.90. The van der Waals surface area contributed by atoms with Crippen LogP contribution in [0.1, 0.15) is 70.8 Å². The van der Waals surface area contributed by atoms with Gasteiger partial charge in [0, 0.05) is 26.1 Å². The van der Waals surface area contributed by atoms with Crippen LogP contribution in [0.4, 0.5) is 0 Å². The zero-order chi connectivity index (χ0) is 29.4. The van der Waals surface area contributed by atoms with Crippen LogP contribution in [-0.4, -0.2) is 74.2 Å². The molecule has 10 nitrogen and oxygen atoms in total. The smallest absolute Gasteiger partial charge is 0.243 e. The Morgan fingerprint density at radius 3 is 2.17 bits per heavy atom. The lowest BCUT2D eigenvalue weighted by molar-refractivity contribution is -0.134. The summed E-state index contributed by atoms with van der Waals surface area (Å²) in [6, 6.07) is 4.80. The fourth-order valence-electron chi connectivity index (χ4n) is 5.78. The van der Waals surface area contributed by atoms with Gasteiger partial charge in [0.2, 0.25) is 17.7 Å². The van der Waals surface area contributed by atoms with Crippen LogP contribution in [0.2, 0.25) is 0 Å². The fraction of sp³-hybridized carbons (Fsp3) is 0.677. The molecule has 2 saturated heterocycles. The largest absolute Gasteiger partial charge is 0.497 e. The summed E-state index contributed by atoms with van der Waals surface area (Å²) in [5.74, 6) is 0.0632. The summed E-state index contributed by atoms with van der Waals surface area (Å²) >= 11 is 0. The van der Waals surface area contributed by atoms with E-state index in [4.69, 9.17) is 14.2 Å². The first-order chi connectivity index (χ1) is 19.7. The molecule has 0 aromatic heterocycles. The third-order valence-electron chi connectivity index (χ3n) is 8.59. The van der Waals surface area contributed by atoms with Crippen molar-refractivity contribution in [1.29, 1.82) is 0 Å². The lowest BCUT2D eigenvalue weighted by Crippen LogP contribution is -2.57. The Balaban J connectivity index is 1.43. The second-order valence-electron chi connectivity index (χ2n) is 12.0. The van der Waals surface area contributed by atoms with E-state index in [0.717, 1.165) is 44.1 Å². The first-order valence-electron chi connectivity index (χ1n) is 15.0. The van der Waals surface area contributed by atoms with Crippen molar-refractivity contribution >= 4 is 23.5 Å². The summed E-state index contributed by atoms with van der Waals surface area (Å²) in [6.07, 6.45) is 7.08. The average molecular weight is 572 g/mol. The number of Topliss-reactive ketones (excluding diaryl/α,β-unsaturated/α-hetero) is 1. The van der Waals surface area contributed by atoms with Crippen molar-refractivity contribution in [1.82, 2.24) is 16.0 Å². The minimum Gasteiger partial charge on any atom is -0.497 e. The summed E-state index contributed by atoms with van der Waals surface area (Å²) in [7, 11) is 1.58. The number of ether oxygens (including phenoxy) is 3. The van der Waals surface area contributed by atoms with Crippen LogP contribution in [0.5, 0.6) is 5.75 Å². The molecule has 1 aromatic carbocycles. The van der Waals surface area contributed by atoms with Crippen LogP contribution < -0.4 is 20.7 Å². The van der Waals surface area contributed by atoms with Gasteiger partial charge >= 0.3 is 0 Å². The van der Waals surface area contributed by atoms with Crippen molar-refractivity contribution in [2.45, 2.75) is 95.4 Å². The Bertz CT molecular complexity index is 1060. The van der Waals surface area contributed by atoms with Gasteiger partial charge in [0.1, 0.15) is 23.4 Å². The third kappa shape index (κ3) is 9.00. The zero-order valence-corrected chi connectivity index (χ0v) is 24.5. The molecule has 3 amide bonds. The van der Waals surface area contributed by atoms with E-state index in [0.29, 0.717) is 44.3 Å². The molecular weight excluding hydrogens is 526 g/mol. The molecule has 2 aliphatic heterocycles. The maximum atomic E-state index is 13.7. The fourth-order valence-corrected chi connectivity index (χ4v) is 5.78. The molecule has 1 saturated carbocycles. The van der Waals surface area contributed by atoms with Gasteiger partial charge in [-0.3, -0.25) is 19.2 Å². The first kappa shape index (κ1) is 31.0. The topological polar surface area (TPSA) is 135 Å². The summed E-state index contributed by atoms with van der Waals surface area (Å²) in [5, 5.41) is 8.58. The molecule has 3 fully saturated rings. The monoisotopic (exact) mass is 571 g/mol. The quantitative estimate of drug-likeness (QED) is 0.292. The predicted molar refractivity (Wildman–Crippen MR) is 152 cm³/mol. The number of hydrogen-bond donors (Lipinski definition) is 3. The summed E-state index contributed by atoms with van der Waals surface area (Å²) in [4.78, 5) is 52.8. The van der Waals surface area contributed by atoms with E-state index in [-0.39, 0.29) is 24.0 Å². The van der Waals surface area contributed by atoms with Gasteiger partial charge in [-0.15, -0.1) is 0 Å². The molecule has 41 heavy (non-hydrogen) atoms. The molecule has 0 spiro atoms. The molecule has 0 unspecified atom stereocenters. The second-order valence-corrected chi connectivity index (χ2v) is 12.0. The van der Waals surface area contributed by atoms with Gasteiger partial charge in [-0.1, -0.05) is 37.8 Å². The summed E-state index contributed by atoms with van der Waals surface area (Å²) < 4.78 is 16.0. The number of carbonyl (C=O) groups excluding carboxylic acids is 4. The molecule has 4 atom stereocenters. The predicted octanol–water partition coefficient (Wildman–Crippen LogP) is 2.47. The minimum atomic E-state index is -0.947. The summed E-state index contributed by atoms with van der Waals surface area (Å²) in [5.41, 5.74) is -0.0484. The number of rotatable bonds is 14. The number of ketones is 1. The molecular formula is C31H45N3O7. The van der Waals surface area contributed by atoms with E-state index in [9.17, 15) is 19.2 Å². The first-order valence-corrected chi connectivity index (χ1v) is 15.0. The van der Waals surface area contributed by atoms with E-state index in [2.05, 4.69) is 16.0 Å². The highest BCUT2D eigenvalue weighted by atomic mass is 16.6. The van der Waals surface area contributed by atoms with Crippen molar-refractivity contribution in [3.05, 3.63) is 29.8 Å². The number of benzene rings is 1. The van der Waals surface area contributed by atoms with Crippen LogP contribution >= 0.6 is 0 Å². The van der Waals surface area contributed by atoms with Crippen LogP contribution in [0.15, 0.2) is 24.3 Å². The number of methoxy groups -OCH3 is 1. The van der Waals surface area contributed by atoms with Gasteiger partial charge in [-0.25, -0.2) is 0 Å². The molecule has 4 rings (SSSR count). The van der Waals surface area contributed by atoms with E-state index in [1.54, 1.807) is 33.1 Å². The second kappa shape index (κ2) is 14.3. The molecule has 226 valence electrons. The van der Waals surface area contributed by atoms with Gasteiger partial charge in [0.25, 0.3) is 0 Å². The van der Waals surface area contributed by atoms with E-state index >= 15 is 0 Å². The maximum absolute atomic E-state index is 13.7. The average Bonchev–Trinajstić information content (AvgIpc) is 3.51. The van der Waals surface area contributed by atoms with Crippen molar-refractivity contribution in [2.75, 3.05) is 26.9 Å². The van der Waals surface area contributed by atoms with Crippen molar-refractivity contribution in [2.24, 2.45) is 11.8 Å². The Hall–Kier alpha value is -2.98. The highest BCUT2D eigenvalue weighted by Gasteiger charge is 2.50. The van der Waals surface area contributed by atoms with Gasteiger partial charge < -0.3 is 30.2 Å². The van der Waals surface area contributed by atoms with Crippen molar-refractivity contribution in [3.8, 4) is 5.75 Å². The van der Waals surface area contributed by atoms with Crippen LogP contribution in [-0.2, 0) is 35.1 Å². The van der Waals surface area contributed by atoms with E-state index in [1.807, 2.05) is 12.1 Å². The molecule has 3 aliphatic rings. The van der Waals surface area contributed by atoms with Gasteiger partial charge in [-0.05, 0) is 62.6 Å². The minimum absolute atomic E-state index is 0.124. The Morgan fingerprint density at radius 2 is 1.56 bits per heavy atom. The van der Waals surface area contributed by atoms with Gasteiger partial charge in [0.05, 0.1) is 19.8 Å². The van der Waals surface area contributed by atoms with Crippen molar-refractivity contribution in [3.63, 3.8) is 0 Å². The summed E-state index contributed by atoms with van der Waals surface area (Å²) in [6.45, 7) is 5.00. The molecule has 0 bridgehead atoms. The number of carbonyl (C=O) groups is 4. The zero-order valence-electron chi connectivity index (χ0n) is 24.5. The molecule has 1 aromatic rings. The molecule has 1 aliphatic carbocycles. The van der Waals surface area contributed by atoms with Crippen molar-refractivity contribution < 1.29 is 33.4 Å².